The lowest BCUT2D eigenvalue weighted by molar-refractivity contribution is 0.0850. The number of carbonyl (C=O) groups excluding carboxylic acids is 1. The number of para-hydroxylation sites is 1. The number of fused-ring (bicyclic) bond motifs is 1. The molecule has 0 saturated carbocycles. The van der Waals surface area contributed by atoms with E-state index < -0.39 is 0 Å². The lowest BCUT2D eigenvalue weighted by atomic mass is 9.95. The zero-order chi connectivity index (χ0) is 15.6. The molecular weight excluding hydrogens is 284 g/mol. The summed E-state index contributed by atoms with van der Waals surface area (Å²) in [5, 5.41) is 0. The maximum Gasteiger partial charge on any atom is 0.170 e. The van der Waals surface area contributed by atoms with Gasteiger partial charge in [-0.05, 0) is 28.8 Å². The third-order valence-electron chi connectivity index (χ3n) is 4.22. The molecule has 3 aromatic rings. The summed E-state index contributed by atoms with van der Waals surface area (Å²) in [5.41, 5.74) is 4.07. The van der Waals surface area contributed by atoms with Crippen LogP contribution in [0.3, 0.4) is 0 Å². The highest BCUT2D eigenvalue weighted by molar-refractivity contribution is 5.99. The SMILES string of the molecule is O=C1C[C@H](c2ccc(-c3ccccc3)cc2)Oc2ccccc21. The Morgan fingerprint density at radius 2 is 1.39 bits per heavy atom. The van der Waals surface area contributed by atoms with Crippen LogP contribution in [0.25, 0.3) is 11.1 Å². The lowest BCUT2D eigenvalue weighted by Crippen LogP contribution is -2.20. The van der Waals surface area contributed by atoms with Gasteiger partial charge in [0.1, 0.15) is 11.9 Å². The van der Waals surface area contributed by atoms with Crippen molar-refractivity contribution in [3.63, 3.8) is 0 Å². The van der Waals surface area contributed by atoms with Gasteiger partial charge in [0, 0.05) is 0 Å². The molecular formula is C21H16O2. The number of hydrogen-bond acceptors (Lipinski definition) is 2. The Labute approximate surface area is 135 Å². The average molecular weight is 300 g/mol. The van der Waals surface area contributed by atoms with Crippen molar-refractivity contribution in [2.45, 2.75) is 12.5 Å². The van der Waals surface area contributed by atoms with Gasteiger partial charge < -0.3 is 4.74 Å². The highest BCUT2D eigenvalue weighted by Gasteiger charge is 2.27. The molecule has 0 N–H and O–H groups in total. The van der Waals surface area contributed by atoms with Gasteiger partial charge in [-0.15, -0.1) is 0 Å². The topological polar surface area (TPSA) is 26.3 Å². The van der Waals surface area contributed by atoms with Crippen LogP contribution in [0.4, 0.5) is 0 Å². The molecule has 0 saturated heterocycles. The van der Waals surface area contributed by atoms with Gasteiger partial charge >= 0.3 is 0 Å². The number of rotatable bonds is 2. The molecule has 0 aliphatic carbocycles. The Hall–Kier alpha value is -2.87. The van der Waals surface area contributed by atoms with Gasteiger partial charge in [-0.3, -0.25) is 4.79 Å². The van der Waals surface area contributed by atoms with Crippen molar-refractivity contribution >= 4 is 5.78 Å². The summed E-state index contributed by atoms with van der Waals surface area (Å²) < 4.78 is 6.01. The highest BCUT2D eigenvalue weighted by Crippen LogP contribution is 2.35. The summed E-state index contributed by atoms with van der Waals surface area (Å²) in [4.78, 5) is 12.3. The largest absolute Gasteiger partial charge is 0.484 e. The molecule has 0 spiro atoms. The fraction of sp³-hybridized carbons (Fsp3) is 0.0952. The van der Waals surface area contributed by atoms with Gasteiger partial charge in [-0.1, -0.05) is 66.7 Å². The smallest absolute Gasteiger partial charge is 0.170 e. The predicted molar refractivity (Wildman–Crippen MR) is 90.6 cm³/mol. The minimum atomic E-state index is -0.206. The van der Waals surface area contributed by atoms with E-state index in [0.29, 0.717) is 17.7 Å². The van der Waals surface area contributed by atoms with Crippen molar-refractivity contribution in [2.75, 3.05) is 0 Å². The number of carbonyl (C=O) groups is 1. The molecule has 0 unspecified atom stereocenters. The Kier molecular flexibility index (Phi) is 3.43. The first-order valence-corrected chi connectivity index (χ1v) is 7.75. The highest BCUT2D eigenvalue weighted by atomic mass is 16.5. The summed E-state index contributed by atoms with van der Waals surface area (Å²) in [6.07, 6.45) is 0.184. The fourth-order valence-corrected chi connectivity index (χ4v) is 2.98. The molecule has 1 heterocycles. The zero-order valence-corrected chi connectivity index (χ0v) is 12.6. The Morgan fingerprint density at radius 3 is 2.17 bits per heavy atom. The first-order valence-electron chi connectivity index (χ1n) is 7.75. The van der Waals surface area contributed by atoms with E-state index in [1.54, 1.807) is 0 Å². The van der Waals surface area contributed by atoms with E-state index in [-0.39, 0.29) is 11.9 Å². The molecule has 4 rings (SSSR count). The number of Topliss-reactive ketones (excluding diaryl/α,β-unsaturated/α-hetero) is 1. The number of ketones is 1. The monoisotopic (exact) mass is 300 g/mol. The second-order valence-electron chi connectivity index (χ2n) is 5.72. The predicted octanol–water partition coefficient (Wildman–Crippen LogP) is 5.06. The molecule has 0 aromatic heterocycles. The van der Waals surface area contributed by atoms with E-state index in [0.717, 1.165) is 11.1 Å². The molecule has 0 fully saturated rings. The Bertz CT molecular complexity index is 835. The molecule has 112 valence electrons. The van der Waals surface area contributed by atoms with E-state index in [1.165, 1.54) is 5.56 Å². The van der Waals surface area contributed by atoms with Crippen LogP contribution in [0, 0.1) is 0 Å². The molecule has 0 bridgehead atoms. The second kappa shape index (κ2) is 5.73. The van der Waals surface area contributed by atoms with E-state index >= 15 is 0 Å². The van der Waals surface area contributed by atoms with Gasteiger partial charge in [0.25, 0.3) is 0 Å². The maximum absolute atomic E-state index is 12.3. The molecule has 0 amide bonds. The van der Waals surface area contributed by atoms with Crippen LogP contribution < -0.4 is 4.74 Å². The summed E-state index contributed by atoms with van der Waals surface area (Å²) in [6.45, 7) is 0. The summed E-state index contributed by atoms with van der Waals surface area (Å²) in [5.74, 6) is 0.824. The first kappa shape index (κ1) is 13.8. The zero-order valence-electron chi connectivity index (χ0n) is 12.6. The quantitative estimate of drug-likeness (QED) is 0.661. The van der Waals surface area contributed by atoms with Crippen LogP contribution in [0.15, 0.2) is 78.9 Å². The summed E-state index contributed by atoms with van der Waals surface area (Å²) in [6, 6.07) is 26.0. The Morgan fingerprint density at radius 1 is 0.739 bits per heavy atom. The molecule has 2 nitrogen and oxygen atoms in total. The summed E-state index contributed by atoms with van der Waals surface area (Å²) >= 11 is 0. The molecule has 23 heavy (non-hydrogen) atoms. The third kappa shape index (κ3) is 2.64. The van der Waals surface area contributed by atoms with Crippen molar-refractivity contribution in [1.82, 2.24) is 0 Å². The van der Waals surface area contributed by atoms with Crippen LogP contribution >= 0.6 is 0 Å². The van der Waals surface area contributed by atoms with Crippen molar-refractivity contribution in [2.24, 2.45) is 0 Å². The lowest BCUT2D eigenvalue weighted by Gasteiger charge is -2.25. The van der Waals surface area contributed by atoms with Crippen molar-refractivity contribution < 1.29 is 9.53 Å². The standard InChI is InChI=1S/C21H16O2/c22-19-14-21(23-20-9-5-4-8-18(19)20)17-12-10-16(11-13-17)15-6-2-1-3-7-15/h1-13,21H,14H2/t21-/m1/s1. The van der Waals surface area contributed by atoms with Crippen LogP contribution in [0.2, 0.25) is 0 Å². The maximum atomic E-state index is 12.3. The number of benzene rings is 3. The van der Waals surface area contributed by atoms with Crippen molar-refractivity contribution in [3.8, 4) is 16.9 Å². The third-order valence-corrected chi connectivity index (χ3v) is 4.22. The van der Waals surface area contributed by atoms with Crippen molar-refractivity contribution in [1.29, 1.82) is 0 Å². The molecule has 3 aromatic carbocycles. The molecule has 1 atom stereocenters. The minimum Gasteiger partial charge on any atom is -0.484 e. The van der Waals surface area contributed by atoms with Crippen LogP contribution in [-0.2, 0) is 0 Å². The van der Waals surface area contributed by atoms with Crippen molar-refractivity contribution in [3.05, 3.63) is 90.0 Å². The summed E-state index contributed by atoms with van der Waals surface area (Å²) in [7, 11) is 0. The van der Waals surface area contributed by atoms with Crippen LogP contribution in [-0.4, -0.2) is 5.78 Å². The van der Waals surface area contributed by atoms with Gasteiger partial charge in [0.15, 0.2) is 5.78 Å². The van der Waals surface area contributed by atoms with E-state index in [9.17, 15) is 4.79 Å². The second-order valence-corrected chi connectivity index (χ2v) is 5.72. The molecule has 1 aliphatic heterocycles. The minimum absolute atomic E-state index is 0.143. The first-order chi connectivity index (χ1) is 11.3. The van der Waals surface area contributed by atoms with Crippen LogP contribution in [0.1, 0.15) is 28.4 Å². The van der Waals surface area contributed by atoms with Gasteiger partial charge in [-0.25, -0.2) is 0 Å². The average Bonchev–Trinajstić information content (AvgIpc) is 2.63. The number of ether oxygens (including phenoxy) is 1. The van der Waals surface area contributed by atoms with E-state index in [1.807, 2.05) is 54.6 Å². The Balaban J connectivity index is 1.61. The van der Waals surface area contributed by atoms with Crippen LogP contribution in [0.5, 0.6) is 5.75 Å². The number of hydrogen-bond donors (Lipinski definition) is 0. The van der Waals surface area contributed by atoms with Gasteiger partial charge in [0.2, 0.25) is 0 Å². The molecule has 0 radical (unpaired) electrons. The normalized spacial score (nSPS) is 16.5. The van der Waals surface area contributed by atoms with E-state index in [2.05, 4.69) is 24.3 Å². The van der Waals surface area contributed by atoms with Gasteiger partial charge in [-0.2, -0.15) is 0 Å². The molecule has 2 heteroatoms. The van der Waals surface area contributed by atoms with E-state index in [4.69, 9.17) is 4.74 Å². The molecule has 1 aliphatic rings. The fourth-order valence-electron chi connectivity index (χ4n) is 2.98. The van der Waals surface area contributed by atoms with Gasteiger partial charge in [0.05, 0.1) is 12.0 Å².